The summed E-state index contributed by atoms with van der Waals surface area (Å²) in [4.78, 5) is 13.2. The van der Waals surface area contributed by atoms with E-state index in [9.17, 15) is 0 Å². The average Bonchev–Trinajstić information content (AvgIpc) is 2.95. The van der Waals surface area contributed by atoms with Gasteiger partial charge in [0, 0.05) is 36.3 Å². The second-order valence-electron chi connectivity index (χ2n) is 5.31. The van der Waals surface area contributed by atoms with Gasteiger partial charge in [-0.15, -0.1) is 0 Å². The van der Waals surface area contributed by atoms with Crippen LogP contribution in [-0.2, 0) is 6.54 Å². The molecule has 0 saturated carbocycles. The molecule has 3 rings (SSSR count). The Morgan fingerprint density at radius 1 is 1.05 bits per heavy atom. The predicted octanol–water partition coefficient (Wildman–Crippen LogP) is 4.07. The minimum atomic E-state index is 0.951. The van der Waals surface area contributed by atoms with Crippen molar-refractivity contribution in [1.29, 1.82) is 0 Å². The zero-order chi connectivity index (χ0) is 14.5. The number of hydrogen-bond acceptors (Lipinski definition) is 3. The Balaban J connectivity index is 1.81. The van der Waals surface area contributed by atoms with E-state index in [1.54, 1.807) is 6.20 Å². The highest BCUT2D eigenvalue weighted by Crippen LogP contribution is 2.21. The molecule has 3 heterocycles. The number of pyridine rings is 2. The first-order chi connectivity index (χ1) is 10.4. The molecule has 0 atom stereocenters. The van der Waals surface area contributed by atoms with Gasteiger partial charge in [-0.05, 0) is 18.6 Å². The lowest BCUT2D eigenvalue weighted by molar-refractivity contribution is 0.589. The topological polar surface area (TPSA) is 43.6 Å². The van der Waals surface area contributed by atoms with E-state index >= 15 is 0 Å². The number of nitrogens with zero attached hydrogens (tertiary/aromatic N) is 4. The van der Waals surface area contributed by atoms with Gasteiger partial charge in [0.25, 0.3) is 0 Å². The molecule has 4 nitrogen and oxygen atoms in total. The molecule has 0 aliphatic rings. The second-order valence-corrected chi connectivity index (χ2v) is 5.31. The van der Waals surface area contributed by atoms with Crippen LogP contribution >= 0.6 is 0 Å². The van der Waals surface area contributed by atoms with Crippen LogP contribution in [0.2, 0.25) is 0 Å². The van der Waals surface area contributed by atoms with Gasteiger partial charge < -0.3 is 4.57 Å². The summed E-state index contributed by atoms with van der Waals surface area (Å²) in [5.74, 6) is 0. The maximum atomic E-state index is 4.59. The van der Waals surface area contributed by atoms with Crippen molar-refractivity contribution in [1.82, 2.24) is 19.5 Å². The molecule has 0 unspecified atom stereocenters. The number of rotatable bonds is 6. The molecule has 4 heteroatoms. The fourth-order valence-corrected chi connectivity index (χ4v) is 2.51. The molecule has 0 aliphatic carbocycles. The molecule has 0 spiro atoms. The summed E-state index contributed by atoms with van der Waals surface area (Å²) in [6.07, 6.45) is 12.4. The summed E-state index contributed by atoms with van der Waals surface area (Å²) in [6, 6.07) is 6.06. The highest BCUT2D eigenvalue weighted by atomic mass is 15.1. The van der Waals surface area contributed by atoms with Crippen LogP contribution in [0.25, 0.3) is 22.3 Å². The van der Waals surface area contributed by atoms with E-state index in [-0.39, 0.29) is 0 Å². The number of aromatic nitrogens is 4. The number of unbranched alkanes of at least 4 members (excludes halogenated alkanes) is 3. The maximum Gasteiger partial charge on any atom is 0.159 e. The first kappa shape index (κ1) is 13.7. The number of fused-ring (bicyclic) bond motifs is 1. The van der Waals surface area contributed by atoms with Gasteiger partial charge in [0.15, 0.2) is 5.65 Å². The van der Waals surface area contributed by atoms with Crippen LogP contribution in [0.15, 0.2) is 43.1 Å². The van der Waals surface area contributed by atoms with E-state index in [0.717, 1.165) is 28.8 Å². The molecule has 3 aromatic rings. The van der Waals surface area contributed by atoms with Gasteiger partial charge in [-0.25, -0.2) is 9.97 Å². The van der Waals surface area contributed by atoms with Crippen molar-refractivity contribution in [2.45, 2.75) is 39.2 Å². The minimum Gasteiger partial charge on any atom is -0.315 e. The van der Waals surface area contributed by atoms with Crippen LogP contribution in [0.4, 0.5) is 0 Å². The monoisotopic (exact) mass is 280 g/mol. The highest BCUT2D eigenvalue weighted by molar-refractivity contribution is 5.77. The predicted molar refractivity (Wildman–Crippen MR) is 84.9 cm³/mol. The summed E-state index contributed by atoms with van der Waals surface area (Å²) < 4.78 is 2.15. The summed E-state index contributed by atoms with van der Waals surface area (Å²) in [6.45, 7) is 3.23. The zero-order valence-corrected chi connectivity index (χ0v) is 12.4. The van der Waals surface area contributed by atoms with Gasteiger partial charge in [0.2, 0.25) is 0 Å². The summed E-state index contributed by atoms with van der Waals surface area (Å²) >= 11 is 0. The molecule has 0 aliphatic heterocycles. The molecule has 0 aromatic carbocycles. The molecule has 3 aromatic heterocycles. The number of aryl methyl sites for hydroxylation is 1. The third-order valence-electron chi connectivity index (χ3n) is 3.70. The van der Waals surface area contributed by atoms with E-state index < -0.39 is 0 Å². The van der Waals surface area contributed by atoms with Gasteiger partial charge in [-0.3, -0.25) is 4.98 Å². The molecule has 0 fully saturated rings. The first-order valence-corrected chi connectivity index (χ1v) is 7.60. The SMILES string of the molecule is CCCCCCn1cnc2cc(-c3cccnc3)cnc21. The normalized spacial score (nSPS) is 11.1. The van der Waals surface area contributed by atoms with Gasteiger partial charge in [0.05, 0.1) is 6.33 Å². The van der Waals surface area contributed by atoms with Crippen molar-refractivity contribution in [2.24, 2.45) is 0 Å². The first-order valence-electron chi connectivity index (χ1n) is 7.60. The van der Waals surface area contributed by atoms with E-state index in [2.05, 4.69) is 32.5 Å². The van der Waals surface area contributed by atoms with E-state index in [1.165, 1.54) is 25.7 Å². The van der Waals surface area contributed by atoms with Crippen LogP contribution < -0.4 is 0 Å². The third kappa shape index (κ3) is 3.10. The Kier molecular flexibility index (Phi) is 4.24. The van der Waals surface area contributed by atoms with Crippen molar-refractivity contribution in [2.75, 3.05) is 0 Å². The maximum absolute atomic E-state index is 4.59. The zero-order valence-electron chi connectivity index (χ0n) is 12.4. The van der Waals surface area contributed by atoms with E-state index in [0.29, 0.717) is 0 Å². The van der Waals surface area contributed by atoms with Crippen molar-refractivity contribution in [3.8, 4) is 11.1 Å². The lowest BCUT2D eigenvalue weighted by atomic mass is 10.1. The Labute approximate surface area is 124 Å². The van der Waals surface area contributed by atoms with Crippen LogP contribution in [0.5, 0.6) is 0 Å². The fourth-order valence-electron chi connectivity index (χ4n) is 2.51. The molecule has 0 bridgehead atoms. The van der Waals surface area contributed by atoms with Crippen molar-refractivity contribution in [3.63, 3.8) is 0 Å². The molecular formula is C17H20N4. The molecule has 0 saturated heterocycles. The van der Waals surface area contributed by atoms with Crippen LogP contribution in [0.3, 0.4) is 0 Å². The van der Waals surface area contributed by atoms with E-state index in [1.807, 2.05) is 30.9 Å². The van der Waals surface area contributed by atoms with Crippen molar-refractivity contribution >= 4 is 11.2 Å². The third-order valence-corrected chi connectivity index (χ3v) is 3.70. The van der Waals surface area contributed by atoms with Crippen LogP contribution in [0.1, 0.15) is 32.6 Å². The van der Waals surface area contributed by atoms with Gasteiger partial charge in [-0.1, -0.05) is 32.3 Å². The Morgan fingerprint density at radius 3 is 2.81 bits per heavy atom. The highest BCUT2D eigenvalue weighted by Gasteiger charge is 2.06. The molecule has 0 radical (unpaired) electrons. The van der Waals surface area contributed by atoms with Crippen LogP contribution in [-0.4, -0.2) is 19.5 Å². The molecule has 108 valence electrons. The number of imidazole rings is 1. The standard InChI is InChI=1S/C17H20N4/c1-2-3-4-5-9-21-13-20-16-10-15(12-19-17(16)21)14-7-6-8-18-11-14/h6-8,10-13H,2-5,9H2,1H3. The minimum absolute atomic E-state index is 0.951. The molecule has 0 N–H and O–H groups in total. The van der Waals surface area contributed by atoms with Crippen LogP contribution in [0, 0.1) is 0 Å². The fraction of sp³-hybridized carbons (Fsp3) is 0.353. The summed E-state index contributed by atoms with van der Waals surface area (Å²) in [7, 11) is 0. The van der Waals surface area contributed by atoms with Gasteiger partial charge in [-0.2, -0.15) is 0 Å². The van der Waals surface area contributed by atoms with Crippen molar-refractivity contribution in [3.05, 3.63) is 43.1 Å². The average molecular weight is 280 g/mol. The largest absolute Gasteiger partial charge is 0.315 e. The van der Waals surface area contributed by atoms with Gasteiger partial charge >= 0.3 is 0 Å². The lowest BCUT2D eigenvalue weighted by Gasteiger charge is -2.04. The molecule has 21 heavy (non-hydrogen) atoms. The van der Waals surface area contributed by atoms with Gasteiger partial charge in [0.1, 0.15) is 5.52 Å². The lowest BCUT2D eigenvalue weighted by Crippen LogP contribution is -1.97. The smallest absolute Gasteiger partial charge is 0.159 e. The Morgan fingerprint density at radius 2 is 2.00 bits per heavy atom. The Bertz CT molecular complexity index is 703. The quantitative estimate of drug-likeness (QED) is 0.639. The van der Waals surface area contributed by atoms with Crippen molar-refractivity contribution < 1.29 is 0 Å². The summed E-state index contributed by atoms with van der Waals surface area (Å²) in [5, 5.41) is 0. The molecular weight excluding hydrogens is 260 g/mol. The summed E-state index contributed by atoms with van der Waals surface area (Å²) in [5.41, 5.74) is 4.06. The molecule has 0 amide bonds. The Hall–Kier alpha value is -2.23. The number of hydrogen-bond donors (Lipinski definition) is 0. The van der Waals surface area contributed by atoms with E-state index in [4.69, 9.17) is 0 Å². The second kappa shape index (κ2) is 6.48.